The number of nitriles is 1. The second-order valence-electron chi connectivity index (χ2n) is 4.37. The summed E-state index contributed by atoms with van der Waals surface area (Å²) >= 11 is 4.64. The van der Waals surface area contributed by atoms with Crippen LogP contribution in [0, 0.1) is 16.1 Å². The minimum Gasteiger partial charge on any atom is -0.877 e. The number of hydrogen-bond acceptors (Lipinski definition) is 8. The van der Waals surface area contributed by atoms with Crippen LogP contribution in [0.3, 0.4) is 0 Å². The number of rotatable bonds is 7. The standard InChI is InChI=1S/C8H13NO3.C5H5N3OS.CH4.B5.K/c1-3-11-8(12-4-2)7(5-9)6-10;6-4-3(2-9)1-7-5(10)8-4;;1-4-5(2)3;/h6,8,10H,3-4H2,1-2H3;1-2H,(H3,6,7,8,10);1H4;;/q;;;;+1/p-1/b7-6-;;;;. The quantitative estimate of drug-likeness (QED) is 0.112. The number of hydrogen-bond donors (Lipinski definition) is 2. The van der Waals surface area contributed by atoms with Crippen molar-refractivity contribution in [2.75, 3.05) is 18.9 Å². The van der Waals surface area contributed by atoms with Crippen molar-refractivity contribution in [2.24, 2.45) is 0 Å². The molecule has 1 aromatic rings. The first-order valence-corrected chi connectivity index (χ1v) is 8.03. The molecule has 15 heteroatoms. The van der Waals surface area contributed by atoms with E-state index in [9.17, 15) is 9.90 Å². The maximum Gasteiger partial charge on any atom is 1.00 e. The van der Waals surface area contributed by atoms with Crippen molar-refractivity contribution in [3.05, 3.63) is 28.4 Å². The molecular weight excluding hydrogens is 413 g/mol. The molecule has 0 saturated carbocycles. The smallest absolute Gasteiger partial charge is 0.877 e. The molecule has 0 aromatic carbocycles. The zero-order chi connectivity index (χ0) is 21.2. The van der Waals surface area contributed by atoms with Gasteiger partial charge in [0, 0.05) is 56.1 Å². The number of nitrogens with two attached hydrogens (primary N) is 1. The van der Waals surface area contributed by atoms with Crippen LogP contribution >= 0.6 is 12.2 Å². The van der Waals surface area contributed by atoms with E-state index in [-0.39, 0.29) is 75.0 Å². The van der Waals surface area contributed by atoms with Crippen molar-refractivity contribution >= 4 is 61.0 Å². The molecule has 1 aromatic heterocycles. The second kappa shape index (κ2) is 24.0. The van der Waals surface area contributed by atoms with Crippen molar-refractivity contribution < 1.29 is 70.8 Å². The van der Waals surface area contributed by atoms with Crippen molar-refractivity contribution in [1.82, 2.24) is 9.97 Å². The SMILES string of the molecule is C.CCOC(OCC)/C(C#N)=C\[O-].Nc1[nH]c(=S)ncc1C=O.[B][B]B([B])[B].[K+]. The molecule has 1 heterocycles. The summed E-state index contributed by atoms with van der Waals surface area (Å²) in [6.45, 7) is 4.35. The largest absolute Gasteiger partial charge is 1.00 e. The summed E-state index contributed by atoms with van der Waals surface area (Å²) in [5, 5.41) is 18.8. The predicted molar refractivity (Wildman–Crippen MR) is 115 cm³/mol. The first-order valence-electron chi connectivity index (χ1n) is 7.62. The Hall–Kier alpha value is -0.319. The Kier molecular flexibility index (Phi) is 29.8. The molecule has 0 saturated heterocycles. The number of carbonyl (C=O) groups excluding carboxylic acids is 1. The number of H-pyrrole nitrogens is 1. The van der Waals surface area contributed by atoms with Gasteiger partial charge in [0.1, 0.15) is 5.82 Å². The molecule has 0 aliphatic carbocycles. The Labute approximate surface area is 225 Å². The molecule has 8 nitrogen and oxygen atoms in total. The molecule has 0 bridgehead atoms. The van der Waals surface area contributed by atoms with E-state index in [1.165, 1.54) is 13.3 Å². The Morgan fingerprint density at radius 1 is 1.52 bits per heavy atom. The molecule has 0 aliphatic heterocycles. The fraction of sp³-hybridized carbons (Fsp3) is 0.429. The van der Waals surface area contributed by atoms with Gasteiger partial charge in [0.2, 0.25) is 0 Å². The summed E-state index contributed by atoms with van der Waals surface area (Å²) in [4.78, 5) is 16.4. The molecule has 7 radical (unpaired) electrons. The number of ether oxygens (including phenoxy) is 2. The molecule has 1 rings (SSSR count). The van der Waals surface area contributed by atoms with Crippen LogP contribution in [0.5, 0.6) is 0 Å². The maximum absolute atomic E-state index is 10.3. The number of aromatic amines is 1. The first kappa shape index (κ1) is 36.1. The minimum absolute atomic E-state index is 0. The fourth-order valence-corrected chi connectivity index (χ4v) is 1.34. The molecule has 0 unspecified atom stereocenters. The number of anilines is 1. The number of aromatic nitrogens is 2. The molecule has 3 N–H and O–H groups in total. The molecular formula is C14H21B5KN4O4S. The van der Waals surface area contributed by atoms with Crippen molar-refractivity contribution in [3.63, 3.8) is 0 Å². The molecule has 29 heavy (non-hydrogen) atoms. The van der Waals surface area contributed by atoms with Crippen LogP contribution in [0.4, 0.5) is 5.82 Å². The summed E-state index contributed by atoms with van der Waals surface area (Å²) in [5.41, 5.74) is 5.64. The van der Waals surface area contributed by atoms with E-state index in [0.717, 1.165) is 0 Å². The summed E-state index contributed by atoms with van der Waals surface area (Å²) in [6.07, 6.45) is 1.14. The number of nitrogens with one attached hydrogen (secondary N) is 1. The van der Waals surface area contributed by atoms with E-state index >= 15 is 0 Å². The van der Waals surface area contributed by atoms with Crippen LogP contribution in [0.2, 0.25) is 0 Å². The molecule has 0 spiro atoms. The molecule has 0 atom stereocenters. The van der Waals surface area contributed by atoms with Crippen LogP contribution in [0.15, 0.2) is 18.0 Å². The van der Waals surface area contributed by atoms with Gasteiger partial charge in [-0.1, -0.05) is 7.43 Å². The van der Waals surface area contributed by atoms with Gasteiger partial charge >= 0.3 is 51.4 Å². The van der Waals surface area contributed by atoms with E-state index < -0.39 is 12.7 Å². The third-order valence-corrected chi connectivity index (χ3v) is 2.58. The zero-order valence-electron chi connectivity index (χ0n) is 16.1. The van der Waals surface area contributed by atoms with Gasteiger partial charge in [0.05, 0.1) is 17.2 Å². The normalized spacial score (nSPS) is 9.10. The number of aldehydes is 1. The van der Waals surface area contributed by atoms with Crippen LogP contribution in [0.25, 0.3) is 0 Å². The average molecular weight is 435 g/mol. The third-order valence-electron chi connectivity index (χ3n) is 2.37. The van der Waals surface area contributed by atoms with E-state index in [2.05, 4.69) is 22.2 Å². The minimum atomic E-state index is -0.803. The van der Waals surface area contributed by atoms with Gasteiger partial charge in [0.15, 0.2) is 17.3 Å². The Balaban J connectivity index is -0.000000168. The number of carbonyl (C=O) groups is 1. The Bertz CT molecular complexity index is 670. The fourth-order valence-electron chi connectivity index (χ4n) is 1.18. The summed E-state index contributed by atoms with van der Waals surface area (Å²) in [6, 6.07) is 1.72. The molecule has 0 aliphatic rings. The van der Waals surface area contributed by atoms with Gasteiger partial charge in [-0.25, -0.2) is 4.98 Å². The van der Waals surface area contributed by atoms with Crippen molar-refractivity contribution in [1.29, 1.82) is 5.26 Å². The Morgan fingerprint density at radius 2 is 2.00 bits per heavy atom. The summed E-state index contributed by atoms with van der Waals surface area (Å²) < 4.78 is 10.3. The van der Waals surface area contributed by atoms with Gasteiger partial charge < -0.3 is 25.3 Å². The molecule has 0 amide bonds. The monoisotopic (exact) mass is 435 g/mol. The second-order valence-corrected chi connectivity index (χ2v) is 4.76. The topological polar surface area (TPSA) is 137 Å². The zero-order valence-corrected chi connectivity index (χ0v) is 20.1. The van der Waals surface area contributed by atoms with Gasteiger partial charge in [0.25, 0.3) is 0 Å². The van der Waals surface area contributed by atoms with Crippen LogP contribution < -0.4 is 62.2 Å². The van der Waals surface area contributed by atoms with E-state index in [1.54, 1.807) is 19.9 Å². The average Bonchev–Trinajstić information content (AvgIpc) is 2.64. The van der Waals surface area contributed by atoms with Crippen molar-refractivity contribution in [3.8, 4) is 6.07 Å². The number of nitrogens with zero attached hydrogens (tertiary/aromatic N) is 2. The summed E-state index contributed by atoms with van der Waals surface area (Å²) in [7, 11) is 15.8. The van der Waals surface area contributed by atoms with Crippen LogP contribution in [-0.2, 0) is 9.47 Å². The van der Waals surface area contributed by atoms with E-state index in [0.29, 0.717) is 31.3 Å². The van der Waals surface area contributed by atoms with Gasteiger partial charge in [-0.2, -0.15) is 5.26 Å². The van der Waals surface area contributed by atoms with E-state index in [1.807, 2.05) is 0 Å². The van der Waals surface area contributed by atoms with Crippen molar-refractivity contribution in [2.45, 2.75) is 27.6 Å². The van der Waals surface area contributed by atoms with Gasteiger partial charge in [-0.05, 0) is 26.1 Å². The predicted octanol–water partition coefficient (Wildman–Crippen LogP) is -3.58. The summed E-state index contributed by atoms with van der Waals surface area (Å²) in [5.74, 6) is 0.259. The Morgan fingerprint density at radius 3 is 2.28 bits per heavy atom. The first-order chi connectivity index (χ1) is 12.8. The van der Waals surface area contributed by atoms with Crippen LogP contribution in [0.1, 0.15) is 31.6 Å². The molecule has 0 fully saturated rings. The number of nitrogen functional groups attached to an aromatic ring is 1. The maximum atomic E-state index is 10.3. The van der Waals surface area contributed by atoms with Gasteiger partial charge in [-0.15, -0.1) is 6.26 Å². The third kappa shape index (κ3) is 19.4. The van der Waals surface area contributed by atoms with Gasteiger partial charge in [-0.3, -0.25) is 4.79 Å². The molecule has 143 valence electrons. The van der Waals surface area contributed by atoms with Crippen LogP contribution in [-0.4, -0.2) is 72.4 Å². The van der Waals surface area contributed by atoms with E-state index in [4.69, 9.17) is 43.7 Å².